The molecule has 2 heterocycles. The fraction of sp³-hybridized carbons (Fsp3) is 0.600. The van der Waals surface area contributed by atoms with Crippen LogP contribution < -0.4 is 0 Å². The van der Waals surface area contributed by atoms with Gasteiger partial charge in [-0.3, -0.25) is 4.79 Å². The zero-order valence-electron chi connectivity index (χ0n) is 12.5. The summed E-state index contributed by atoms with van der Waals surface area (Å²) in [6, 6.07) is 1.87. The van der Waals surface area contributed by atoms with Gasteiger partial charge in [0.2, 0.25) is 0 Å². The highest BCUT2D eigenvalue weighted by molar-refractivity contribution is 5.74. The number of rotatable bonds is 5. The van der Waals surface area contributed by atoms with Gasteiger partial charge in [0, 0.05) is 32.1 Å². The molecule has 0 spiro atoms. The summed E-state index contributed by atoms with van der Waals surface area (Å²) in [6.07, 6.45) is 3.33. The smallest absolute Gasteiger partial charge is 0.320 e. The lowest BCUT2D eigenvalue weighted by Gasteiger charge is -2.24. The van der Waals surface area contributed by atoms with Crippen molar-refractivity contribution < 1.29 is 19.1 Å². The number of aryl methyl sites for hydroxylation is 1. The van der Waals surface area contributed by atoms with Gasteiger partial charge in [-0.15, -0.1) is 0 Å². The molecule has 1 N–H and O–H groups in total. The van der Waals surface area contributed by atoms with Crippen molar-refractivity contribution in [3.63, 3.8) is 0 Å². The number of likely N-dealkylation sites (tertiary alicyclic amines) is 1. The summed E-state index contributed by atoms with van der Waals surface area (Å²) in [4.78, 5) is 26.4. The number of furan rings is 1. The van der Waals surface area contributed by atoms with Crippen molar-refractivity contribution in [1.82, 2.24) is 9.80 Å². The molecule has 0 radical (unpaired) electrons. The highest BCUT2D eigenvalue weighted by Crippen LogP contribution is 2.22. The van der Waals surface area contributed by atoms with Gasteiger partial charge in [0.15, 0.2) is 0 Å². The average molecular weight is 294 g/mol. The number of hydrogen-bond donors (Lipinski definition) is 1. The van der Waals surface area contributed by atoms with Crippen LogP contribution in [0.1, 0.15) is 30.6 Å². The first-order valence-corrected chi connectivity index (χ1v) is 7.22. The Labute approximate surface area is 124 Å². The molecule has 21 heavy (non-hydrogen) atoms. The summed E-state index contributed by atoms with van der Waals surface area (Å²) in [5, 5.41) is 8.71. The molecule has 1 aromatic rings. The van der Waals surface area contributed by atoms with E-state index in [-0.39, 0.29) is 12.5 Å². The minimum Gasteiger partial charge on any atom is -0.481 e. The van der Waals surface area contributed by atoms with E-state index in [4.69, 9.17) is 9.52 Å². The number of carbonyl (C=O) groups is 2. The lowest BCUT2D eigenvalue weighted by Crippen LogP contribution is -2.39. The molecule has 1 aliphatic rings. The van der Waals surface area contributed by atoms with Gasteiger partial charge >= 0.3 is 12.0 Å². The number of nitrogens with zero attached hydrogens (tertiary/aromatic N) is 2. The summed E-state index contributed by atoms with van der Waals surface area (Å²) in [5.74, 6) is 0.358. The number of amides is 2. The van der Waals surface area contributed by atoms with Crippen LogP contribution in [0, 0.1) is 12.8 Å². The van der Waals surface area contributed by atoms with Crippen LogP contribution in [0.4, 0.5) is 4.79 Å². The first-order valence-electron chi connectivity index (χ1n) is 7.22. The summed E-state index contributed by atoms with van der Waals surface area (Å²) in [5.41, 5.74) is 1.01. The molecular formula is C15H22N2O4. The van der Waals surface area contributed by atoms with Crippen LogP contribution in [0.25, 0.3) is 0 Å². The van der Waals surface area contributed by atoms with Gasteiger partial charge in [0.25, 0.3) is 0 Å². The lowest BCUT2D eigenvalue weighted by atomic mass is 10.0. The molecule has 6 nitrogen and oxygen atoms in total. The van der Waals surface area contributed by atoms with E-state index in [2.05, 4.69) is 0 Å². The van der Waals surface area contributed by atoms with Gasteiger partial charge in [0.05, 0.1) is 12.8 Å². The van der Waals surface area contributed by atoms with E-state index in [0.29, 0.717) is 32.0 Å². The molecule has 2 rings (SSSR count). The Morgan fingerprint density at radius 1 is 1.52 bits per heavy atom. The first-order chi connectivity index (χ1) is 9.97. The van der Waals surface area contributed by atoms with Gasteiger partial charge in [-0.2, -0.15) is 0 Å². The van der Waals surface area contributed by atoms with Crippen molar-refractivity contribution in [3.8, 4) is 0 Å². The average Bonchev–Trinajstić information content (AvgIpc) is 3.05. The third kappa shape index (κ3) is 4.00. The van der Waals surface area contributed by atoms with Gasteiger partial charge in [-0.25, -0.2) is 4.79 Å². The van der Waals surface area contributed by atoms with Gasteiger partial charge < -0.3 is 19.3 Å². The number of hydrogen-bond acceptors (Lipinski definition) is 3. The summed E-state index contributed by atoms with van der Waals surface area (Å²) in [7, 11) is 1.78. The van der Waals surface area contributed by atoms with Crippen molar-refractivity contribution in [1.29, 1.82) is 0 Å². The Morgan fingerprint density at radius 3 is 2.90 bits per heavy atom. The van der Waals surface area contributed by atoms with Gasteiger partial charge in [-0.05, 0) is 31.7 Å². The zero-order chi connectivity index (χ0) is 15.4. The Hall–Kier alpha value is -1.98. The molecule has 0 saturated carbocycles. The molecule has 1 saturated heterocycles. The van der Waals surface area contributed by atoms with Crippen LogP contribution in [0.15, 0.2) is 16.7 Å². The maximum atomic E-state index is 12.4. The van der Waals surface area contributed by atoms with Crippen molar-refractivity contribution in [2.75, 3.05) is 20.1 Å². The van der Waals surface area contributed by atoms with Crippen LogP contribution in [-0.2, 0) is 11.3 Å². The van der Waals surface area contributed by atoms with Crippen LogP contribution in [0.2, 0.25) is 0 Å². The standard InChI is InChI=1S/C15H22N2O4/c1-11-13(6-8-21-11)10-16(2)15(20)17-7-5-12(9-17)3-4-14(18)19/h6,8,12H,3-5,7,9-10H2,1-2H3,(H,18,19). The molecule has 1 atom stereocenters. The lowest BCUT2D eigenvalue weighted by molar-refractivity contribution is -0.137. The van der Waals surface area contributed by atoms with E-state index in [1.165, 1.54) is 0 Å². The largest absolute Gasteiger partial charge is 0.481 e. The van der Waals surface area contributed by atoms with E-state index < -0.39 is 5.97 Å². The second kappa shape index (κ2) is 6.65. The fourth-order valence-electron chi connectivity index (χ4n) is 2.71. The van der Waals surface area contributed by atoms with Gasteiger partial charge in [-0.1, -0.05) is 0 Å². The van der Waals surface area contributed by atoms with Crippen molar-refractivity contribution in [3.05, 3.63) is 23.7 Å². The molecular weight excluding hydrogens is 272 g/mol. The van der Waals surface area contributed by atoms with Crippen LogP contribution >= 0.6 is 0 Å². The van der Waals surface area contributed by atoms with Crippen LogP contribution in [0.5, 0.6) is 0 Å². The van der Waals surface area contributed by atoms with Crippen LogP contribution in [0.3, 0.4) is 0 Å². The molecule has 0 bridgehead atoms. The predicted octanol–water partition coefficient (Wildman–Crippen LogP) is 2.33. The molecule has 0 aromatic carbocycles. The SMILES string of the molecule is Cc1occc1CN(C)C(=O)N1CCC(CCC(=O)O)C1. The van der Waals surface area contributed by atoms with Crippen LogP contribution in [-0.4, -0.2) is 47.0 Å². The third-order valence-electron chi connectivity index (χ3n) is 4.02. The topological polar surface area (TPSA) is 74.0 Å². The Morgan fingerprint density at radius 2 is 2.29 bits per heavy atom. The monoisotopic (exact) mass is 294 g/mol. The maximum absolute atomic E-state index is 12.4. The molecule has 1 aliphatic heterocycles. The first kappa shape index (κ1) is 15.4. The third-order valence-corrected chi connectivity index (χ3v) is 4.02. The molecule has 1 aromatic heterocycles. The Kier molecular flexibility index (Phi) is 4.88. The maximum Gasteiger partial charge on any atom is 0.320 e. The summed E-state index contributed by atoms with van der Waals surface area (Å²) >= 11 is 0. The van der Waals surface area contributed by atoms with E-state index >= 15 is 0 Å². The number of carboxylic acid groups (broad SMARTS) is 1. The quantitative estimate of drug-likeness (QED) is 0.904. The fourth-order valence-corrected chi connectivity index (χ4v) is 2.71. The zero-order valence-corrected chi connectivity index (χ0v) is 12.5. The van der Waals surface area contributed by atoms with Crippen molar-refractivity contribution >= 4 is 12.0 Å². The molecule has 1 unspecified atom stereocenters. The number of carbonyl (C=O) groups excluding carboxylic acids is 1. The number of urea groups is 1. The predicted molar refractivity (Wildman–Crippen MR) is 76.9 cm³/mol. The number of aliphatic carboxylic acids is 1. The molecule has 1 fully saturated rings. The second-order valence-corrected chi connectivity index (χ2v) is 5.67. The Bertz CT molecular complexity index is 512. The molecule has 116 valence electrons. The minimum atomic E-state index is -0.771. The molecule has 6 heteroatoms. The summed E-state index contributed by atoms with van der Waals surface area (Å²) in [6.45, 7) is 3.77. The van der Waals surface area contributed by atoms with E-state index in [1.807, 2.05) is 17.9 Å². The van der Waals surface area contributed by atoms with E-state index in [0.717, 1.165) is 17.7 Å². The highest BCUT2D eigenvalue weighted by Gasteiger charge is 2.28. The minimum absolute atomic E-state index is 0.00609. The second-order valence-electron chi connectivity index (χ2n) is 5.67. The molecule has 0 aliphatic carbocycles. The van der Waals surface area contributed by atoms with Gasteiger partial charge in [0.1, 0.15) is 5.76 Å². The summed E-state index contributed by atoms with van der Waals surface area (Å²) < 4.78 is 5.23. The highest BCUT2D eigenvalue weighted by atomic mass is 16.4. The van der Waals surface area contributed by atoms with E-state index in [1.54, 1.807) is 18.2 Å². The molecule has 2 amide bonds. The van der Waals surface area contributed by atoms with E-state index in [9.17, 15) is 9.59 Å². The normalized spacial score (nSPS) is 18.0. The number of carboxylic acids is 1. The Balaban J connectivity index is 1.83. The van der Waals surface area contributed by atoms with Crippen molar-refractivity contribution in [2.24, 2.45) is 5.92 Å². The van der Waals surface area contributed by atoms with Crippen molar-refractivity contribution in [2.45, 2.75) is 32.7 Å².